The largest absolute Gasteiger partial charge is 0.489 e. The zero-order valence-corrected chi connectivity index (χ0v) is 10.5. The Morgan fingerprint density at radius 3 is 2.59 bits per heavy atom. The van der Waals surface area contributed by atoms with E-state index in [2.05, 4.69) is 16.8 Å². The highest BCUT2D eigenvalue weighted by Crippen LogP contribution is 2.26. The zero-order chi connectivity index (χ0) is 12.1. The van der Waals surface area contributed by atoms with E-state index < -0.39 is 0 Å². The molecule has 0 aliphatic heterocycles. The van der Waals surface area contributed by atoms with E-state index in [1.165, 1.54) is 0 Å². The highest BCUT2D eigenvalue weighted by atomic mass is 35.5. The highest BCUT2D eigenvalue weighted by molar-refractivity contribution is 7.47. The number of hydrogen-bond acceptors (Lipinski definition) is 3. The number of hydrogen-bond donors (Lipinski definition) is 0. The van der Waals surface area contributed by atoms with Gasteiger partial charge < -0.3 is 4.74 Å². The van der Waals surface area contributed by atoms with Gasteiger partial charge >= 0.3 is 0 Å². The number of rotatable bonds is 4. The highest BCUT2D eigenvalue weighted by Gasteiger charge is 2.00. The standard InChI is InChI=1S/C13H10ClNOS/c14-11-6-12(15-17)8-13(7-11)16-9-10-4-2-1-3-5-10/h1-8H,9H2. The lowest BCUT2D eigenvalue weighted by atomic mass is 10.2. The third-order valence-corrected chi connectivity index (χ3v) is 2.64. The molecule has 0 saturated heterocycles. The minimum atomic E-state index is 0.498. The van der Waals surface area contributed by atoms with Crippen molar-refractivity contribution >= 4 is 29.7 Å². The maximum Gasteiger partial charge on any atom is 0.123 e. The summed E-state index contributed by atoms with van der Waals surface area (Å²) in [5.41, 5.74) is 1.74. The summed E-state index contributed by atoms with van der Waals surface area (Å²) in [6.07, 6.45) is 0. The molecule has 2 rings (SSSR count). The van der Waals surface area contributed by atoms with Gasteiger partial charge in [0, 0.05) is 23.5 Å². The van der Waals surface area contributed by atoms with Gasteiger partial charge in [-0.3, -0.25) is 0 Å². The number of halogens is 1. The predicted molar refractivity (Wildman–Crippen MR) is 71.7 cm³/mol. The molecule has 0 aliphatic carbocycles. The van der Waals surface area contributed by atoms with Crippen molar-refractivity contribution in [2.75, 3.05) is 0 Å². The fourth-order valence-electron chi connectivity index (χ4n) is 1.42. The van der Waals surface area contributed by atoms with E-state index in [4.69, 9.17) is 16.3 Å². The summed E-state index contributed by atoms with van der Waals surface area (Å²) in [4.78, 5) is 0. The summed E-state index contributed by atoms with van der Waals surface area (Å²) in [5.74, 6) is 0.671. The number of ether oxygens (including phenoxy) is 1. The molecule has 0 heterocycles. The van der Waals surface area contributed by atoms with Crippen molar-refractivity contribution in [1.82, 2.24) is 0 Å². The Bertz CT molecular complexity index is 516. The fraction of sp³-hybridized carbons (Fsp3) is 0.0769. The van der Waals surface area contributed by atoms with Crippen molar-refractivity contribution < 1.29 is 4.74 Å². The third-order valence-electron chi connectivity index (χ3n) is 2.21. The van der Waals surface area contributed by atoms with Gasteiger partial charge in [0.05, 0.1) is 5.69 Å². The molecule has 4 heteroatoms. The van der Waals surface area contributed by atoms with Crippen molar-refractivity contribution in [3.63, 3.8) is 0 Å². The average Bonchev–Trinajstić information content (AvgIpc) is 2.37. The minimum absolute atomic E-state index is 0.498. The molecule has 0 spiro atoms. The fourth-order valence-corrected chi connectivity index (χ4v) is 1.75. The minimum Gasteiger partial charge on any atom is -0.489 e. The van der Waals surface area contributed by atoms with E-state index in [-0.39, 0.29) is 0 Å². The van der Waals surface area contributed by atoms with Gasteiger partial charge in [-0.25, -0.2) is 0 Å². The van der Waals surface area contributed by atoms with Crippen LogP contribution in [0, 0.1) is 0 Å². The van der Waals surface area contributed by atoms with Gasteiger partial charge in [-0.1, -0.05) is 41.9 Å². The second-order valence-corrected chi connectivity index (χ2v) is 4.13. The van der Waals surface area contributed by atoms with Crippen LogP contribution in [0.3, 0.4) is 0 Å². The van der Waals surface area contributed by atoms with Crippen molar-refractivity contribution in [3.05, 3.63) is 59.1 Å². The lowest BCUT2D eigenvalue weighted by Gasteiger charge is -2.07. The summed E-state index contributed by atoms with van der Waals surface area (Å²) in [5, 5.41) is 0.569. The Kier molecular flexibility index (Phi) is 4.07. The van der Waals surface area contributed by atoms with Gasteiger partial charge in [0.1, 0.15) is 12.4 Å². The zero-order valence-electron chi connectivity index (χ0n) is 8.97. The van der Waals surface area contributed by atoms with Crippen LogP contribution in [-0.2, 0) is 19.0 Å². The van der Waals surface area contributed by atoms with Crippen molar-refractivity contribution in [1.29, 1.82) is 0 Å². The van der Waals surface area contributed by atoms with E-state index in [9.17, 15) is 0 Å². The van der Waals surface area contributed by atoms with Crippen LogP contribution in [-0.4, -0.2) is 0 Å². The maximum atomic E-state index is 5.92. The predicted octanol–water partition coefficient (Wildman–Crippen LogP) is 4.28. The lowest BCUT2D eigenvalue weighted by Crippen LogP contribution is -1.94. The van der Waals surface area contributed by atoms with Crippen molar-refractivity contribution in [2.45, 2.75) is 6.61 Å². The lowest BCUT2D eigenvalue weighted by molar-refractivity contribution is 0.306. The van der Waals surface area contributed by atoms with Gasteiger partial charge in [-0.15, -0.1) is 0 Å². The monoisotopic (exact) mass is 263 g/mol. The summed E-state index contributed by atoms with van der Waals surface area (Å²) in [7, 11) is 0. The van der Waals surface area contributed by atoms with Gasteiger partial charge in [0.15, 0.2) is 0 Å². The molecular formula is C13H10ClNOS. The molecule has 0 aliphatic rings. The molecule has 0 aromatic heterocycles. The first kappa shape index (κ1) is 12.0. The topological polar surface area (TPSA) is 21.6 Å². The molecule has 0 amide bonds. The Balaban J connectivity index is 2.09. The van der Waals surface area contributed by atoms with Crippen LogP contribution in [0.25, 0.3) is 0 Å². The molecule has 0 N–H and O–H groups in total. The Morgan fingerprint density at radius 2 is 1.88 bits per heavy atom. The molecule has 86 valence electrons. The molecule has 0 radical (unpaired) electrons. The van der Waals surface area contributed by atoms with Gasteiger partial charge in [0.25, 0.3) is 0 Å². The molecule has 0 saturated carbocycles. The van der Waals surface area contributed by atoms with Gasteiger partial charge in [-0.05, 0) is 17.7 Å². The van der Waals surface area contributed by atoms with Crippen molar-refractivity contribution in [2.24, 2.45) is 4.36 Å². The molecule has 0 bridgehead atoms. The van der Waals surface area contributed by atoms with Gasteiger partial charge in [0.2, 0.25) is 0 Å². The summed E-state index contributed by atoms with van der Waals surface area (Å²) in [6.45, 7) is 0.498. The quantitative estimate of drug-likeness (QED) is 0.821. The molecule has 2 aromatic carbocycles. The van der Waals surface area contributed by atoms with E-state index in [1.807, 2.05) is 30.3 Å². The third kappa shape index (κ3) is 3.51. The first-order valence-electron chi connectivity index (χ1n) is 5.08. The molecule has 0 fully saturated rings. The van der Waals surface area contributed by atoms with E-state index in [1.54, 1.807) is 18.2 Å². The maximum absolute atomic E-state index is 5.92. The molecular weight excluding hydrogens is 254 g/mol. The van der Waals surface area contributed by atoms with Crippen LogP contribution in [0.4, 0.5) is 5.69 Å². The van der Waals surface area contributed by atoms with Crippen LogP contribution in [0.5, 0.6) is 5.75 Å². The first-order chi connectivity index (χ1) is 8.28. The molecule has 17 heavy (non-hydrogen) atoms. The smallest absolute Gasteiger partial charge is 0.123 e. The summed E-state index contributed by atoms with van der Waals surface area (Å²) < 4.78 is 9.29. The second kappa shape index (κ2) is 5.75. The number of nitrogens with zero attached hydrogens (tertiary/aromatic N) is 1. The summed E-state index contributed by atoms with van der Waals surface area (Å²) in [6, 6.07) is 15.1. The van der Waals surface area contributed by atoms with Crippen molar-refractivity contribution in [3.8, 4) is 5.75 Å². The average molecular weight is 264 g/mol. The van der Waals surface area contributed by atoms with Crippen LogP contribution in [0.15, 0.2) is 52.9 Å². The Hall–Kier alpha value is -1.45. The van der Waals surface area contributed by atoms with E-state index >= 15 is 0 Å². The van der Waals surface area contributed by atoms with E-state index in [0.717, 1.165) is 5.56 Å². The van der Waals surface area contributed by atoms with Crippen LogP contribution in [0.1, 0.15) is 5.56 Å². The first-order valence-corrected chi connectivity index (χ1v) is 5.83. The summed E-state index contributed by atoms with van der Waals surface area (Å²) >= 11 is 10.6. The van der Waals surface area contributed by atoms with Gasteiger partial charge in [-0.2, -0.15) is 4.36 Å². The van der Waals surface area contributed by atoms with E-state index in [0.29, 0.717) is 23.1 Å². The molecule has 2 aromatic rings. The molecule has 0 atom stereocenters. The SMILES string of the molecule is S=Nc1cc(Cl)cc(OCc2ccccc2)c1. The number of benzene rings is 2. The van der Waals surface area contributed by atoms with Crippen LogP contribution in [0.2, 0.25) is 5.02 Å². The molecule has 2 nitrogen and oxygen atoms in total. The van der Waals surface area contributed by atoms with Crippen LogP contribution < -0.4 is 4.74 Å². The molecule has 0 unspecified atom stereocenters. The Morgan fingerprint density at radius 1 is 1.12 bits per heavy atom. The second-order valence-electron chi connectivity index (χ2n) is 3.51. The van der Waals surface area contributed by atoms with Crippen LogP contribution >= 0.6 is 11.6 Å². The Labute approximate surface area is 110 Å². The normalized spacial score (nSPS) is 9.94.